The highest BCUT2D eigenvalue weighted by Gasteiger charge is 2.27. The Morgan fingerprint density at radius 2 is 2.15 bits per heavy atom. The van der Waals surface area contributed by atoms with E-state index in [-0.39, 0.29) is 6.04 Å². The zero-order valence-electron chi connectivity index (χ0n) is 7.64. The van der Waals surface area contributed by atoms with Gasteiger partial charge in [-0.1, -0.05) is 18.2 Å². The van der Waals surface area contributed by atoms with E-state index in [0.717, 1.165) is 11.3 Å². The first-order valence-corrected chi connectivity index (χ1v) is 4.44. The zero-order chi connectivity index (χ0) is 9.42. The van der Waals surface area contributed by atoms with Crippen molar-refractivity contribution < 1.29 is 5.11 Å². The van der Waals surface area contributed by atoms with Gasteiger partial charge in [0.1, 0.15) is 0 Å². The molecule has 3 heteroatoms. The van der Waals surface area contributed by atoms with Gasteiger partial charge in [-0.2, -0.15) is 0 Å². The second-order valence-corrected chi connectivity index (χ2v) is 3.55. The number of benzene rings is 1. The fourth-order valence-electron chi connectivity index (χ4n) is 1.83. The third-order valence-electron chi connectivity index (χ3n) is 2.56. The summed E-state index contributed by atoms with van der Waals surface area (Å²) in [5.41, 5.74) is 7.81. The van der Waals surface area contributed by atoms with Gasteiger partial charge >= 0.3 is 0 Å². The van der Waals surface area contributed by atoms with Crippen LogP contribution in [0.15, 0.2) is 24.3 Å². The van der Waals surface area contributed by atoms with E-state index in [9.17, 15) is 5.11 Å². The first kappa shape index (κ1) is 8.53. The van der Waals surface area contributed by atoms with Crippen molar-refractivity contribution in [2.24, 2.45) is 5.73 Å². The monoisotopic (exact) mass is 178 g/mol. The molecule has 0 saturated heterocycles. The maximum Gasteiger partial charge on any atom is 0.0978 e. The van der Waals surface area contributed by atoms with Crippen LogP contribution in [-0.4, -0.2) is 24.7 Å². The van der Waals surface area contributed by atoms with Gasteiger partial charge in [0, 0.05) is 24.8 Å². The van der Waals surface area contributed by atoms with Crippen LogP contribution in [-0.2, 0) is 0 Å². The third kappa shape index (κ3) is 1.30. The van der Waals surface area contributed by atoms with E-state index in [1.807, 2.05) is 31.3 Å². The zero-order valence-corrected chi connectivity index (χ0v) is 7.64. The molecular weight excluding hydrogens is 164 g/mol. The Hall–Kier alpha value is -1.06. The molecular formula is C10H14N2O. The van der Waals surface area contributed by atoms with Crippen LogP contribution in [0.5, 0.6) is 0 Å². The second-order valence-electron chi connectivity index (χ2n) is 3.55. The summed E-state index contributed by atoms with van der Waals surface area (Å²) in [6.45, 7) is 0.707. The lowest BCUT2D eigenvalue weighted by Gasteiger charge is -2.34. The van der Waals surface area contributed by atoms with Crippen molar-refractivity contribution in [1.82, 2.24) is 0 Å². The minimum atomic E-state index is -0.521. The number of rotatable bonds is 0. The summed E-state index contributed by atoms with van der Waals surface area (Å²) in [5.74, 6) is 0. The van der Waals surface area contributed by atoms with Gasteiger partial charge in [-0.15, -0.1) is 0 Å². The molecule has 2 atom stereocenters. The number of aliphatic hydroxyl groups excluding tert-OH is 1. The first-order chi connectivity index (χ1) is 6.20. The summed E-state index contributed by atoms with van der Waals surface area (Å²) in [6, 6.07) is 7.65. The van der Waals surface area contributed by atoms with Crippen molar-refractivity contribution >= 4 is 5.69 Å². The lowest BCUT2D eigenvalue weighted by molar-refractivity contribution is 0.143. The van der Waals surface area contributed by atoms with Crippen molar-refractivity contribution in [3.05, 3.63) is 29.8 Å². The van der Waals surface area contributed by atoms with Crippen molar-refractivity contribution in [2.75, 3.05) is 18.5 Å². The van der Waals surface area contributed by atoms with Crippen LogP contribution in [0.4, 0.5) is 5.69 Å². The number of likely N-dealkylation sites (N-methyl/N-ethyl adjacent to an activating group) is 1. The van der Waals surface area contributed by atoms with Crippen molar-refractivity contribution in [1.29, 1.82) is 0 Å². The molecule has 70 valence electrons. The SMILES string of the molecule is CN1C[C@@H](N)[C@@H](O)c2ccccc21. The molecule has 3 N–H and O–H groups in total. The summed E-state index contributed by atoms with van der Waals surface area (Å²) in [4.78, 5) is 2.08. The molecule has 3 nitrogen and oxygen atoms in total. The Morgan fingerprint density at radius 3 is 2.92 bits per heavy atom. The van der Waals surface area contributed by atoms with Crippen LogP contribution >= 0.6 is 0 Å². The predicted molar refractivity (Wildman–Crippen MR) is 52.6 cm³/mol. The van der Waals surface area contributed by atoms with Crippen LogP contribution in [0, 0.1) is 0 Å². The van der Waals surface area contributed by atoms with Crippen molar-refractivity contribution in [3.63, 3.8) is 0 Å². The van der Waals surface area contributed by atoms with Gasteiger partial charge in [0.15, 0.2) is 0 Å². The molecule has 2 rings (SSSR count). The lowest BCUT2D eigenvalue weighted by atomic mass is 9.96. The van der Waals surface area contributed by atoms with Gasteiger partial charge in [-0.05, 0) is 6.07 Å². The maximum atomic E-state index is 9.80. The molecule has 0 aliphatic carbocycles. The third-order valence-corrected chi connectivity index (χ3v) is 2.56. The molecule has 0 bridgehead atoms. The molecule has 1 aromatic rings. The molecule has 0 amide bonds. The molecule has 0 saturated carbocycles. The van der Waals surface area contributed by atoms with Crippen molar-refractivity contribution in [2.45, 2.75) is 12.1 Å². The van der Waals surface area contributed by atoms with E-state index in [1.165, 1.54) is 0 Å². The minimum Gasteiger partial charge on any atom is -0.387 e. The summed E-state index contributed by atoms with van der Waals surface area (Å²) < 4.78 is 0. The number of para-hydroxylation sites is 1. The average Bonchev–Trinajstić information content (AvgIpc) is 2.15. The van der Waals surface area contributed by atoms with Gasteiger partial charge in [-0.25, -0.2) is 0 Å². The van der Waals surface area contributed by atoms with E-state index in [4.69, 9.17) is 5.73 Å². The largest absolute Gasteiger partial charge is 0.387 e. The van der Waals surface area contributed by atoms with E-state index in [1.54, 1.807) is 0 Å². The lowest BCUT2D eigenvalue weighted by Crippen LogP contribution is -2.44. The summed E-state index contributed by atoms with van der Waals surface area (Å²) >= 11 is 0. The normalized spacial score (nSPS) is 27.2. The fraction of sp³-hybridized carbons (Fsp3) is 0.400. The number of aliphatic hydroxyl groups is 1. The van der Waals surface area contributed by atoms with E-state index in [2.05, 4.69) is 4.90 Å². The standard InChI is InChI=1S/C10H14N2O/c1-12-6-8(11)10(13)7-4-2-3-5-9(7)12/h2-5,8,10,13H,6,11H2,1H3/t8-,10+/m1/s1. The van der Waals surface area contributed by atoms with Crippen molar-refractivity contribution in [3.8, 4) is 0 Å². The average molecular weight is 178 g/mol. The van der Waals surface area contributed by atoms with Crippen LogP contribution in [0.2, 0.25) is 0 Å². The highest BCUT2D eigenvalue weighted by atomic mass is 16.3. The summed E-state index contributed by atoms with van der Waals surface area (Å²) in [7, 11) is 1.99. The topological polar surface area (TPSA) is 49.5 Å². The minimum absolute atomic E-state index is 0.181. The Morgan fingerprint density at radius 1 is 1.46 bits per heavy atom. The van der Waals surface area contributed by atoms with Gasteiger partial charge in [0.25, 0.3) is 0 Å². The number of nitrogens with zero attached hydrogens (tertiary/aromatic N) is 1. The smallest absolute Gasteiger partial charge is 0.0978 e. The number of hydrogen-bond acceptors (Lipinski definition) is 3. The first-order valence-electron chi connectivity index (χ1n) is 4.44. The van der Waals surface area contributed by atoms with Crippen LogP contribution in [0.25, 0.3) is 0 Å². The van der Waals surface area contributed by atoms with E-state index < -0.39 is 6.10 Å². The van der Waals surface area contributed by atoms with Crippen LogP contribution in [0.3, 0.4) is 0 Å². The molecule has 0 radical (unpaired) electrons. The van der Waals surface area contributed by atoms with E-state index in [0.29, 0.717) is 6.54 Å². The number of fused-ring (bicyclic) bond motifs is 1. The molecule has 1 heterocycles. The van der Waals surface area contributed by atoms with Gasteiger partial charge in [0.2, 0.25) is 0 Å². The van der Waals surface area contributed by atoms with Crippen LogP contribution < -0.4 is 10.6 Å². The highest BCUT2D eigenvalue weighted by Crippen LogP contribution is 2.31. The molecule has 0 unspecified atom stereocenters. The summed E-state index contributed by atoms with van der Waals surface area (Å²) in [5, 5.41) is 9.80. The number of hydrogen-bond donors (Lipinski definition) is 2. The molecule has 1 aliphatic heterocycles. The molecule has 0 spiro atoms. The van der Waals surface area contributed by atoms with Gasteiger partial charge in [0.05, 0.1) is 12.1 Å². The van der Waals surface area contributed by atoms with Crippen LogP contribution in [0.1, 0.15) is 11.7 Å². The Kier molecular flexibility index (Phi) is 1.98. The number of anilines is 1. The second kappa shape index (κ2) is 3.01. The predicted octanol–water partition coefficient (Wildman–Crippen LogP) is 0.497. The Balaban J connectivity index is 2.47. The summed E-state index contributed by atoms with van der Waals surface area (Å²) in [6.07, 6.45) is -0.521. The molecule has 0 fully saturated rings. The quantitative estimate of drug-likeness (QED) is 0.608. The fourth-order valence-corrected chi connectivity index (χ4v) is 1.83. The maximum absolute atomic E-state index is 9.80. The molecule has 1 aliphatic rings. The number of nitrogens with two attached hydrogens (primary N) is 1. The van der Waals surface area contributed by atoms with Gasteiger partial charge in [-0.3, -0.25) is 0 Å². The Bertz CT molecular complexity index is 314. The van der Waals surface area contributed by atoms with Gasteiger partial charge < -0.3 is 15.7 Å². The molecule has 13 heavy (non-hydrogen) atoms. The highest BCUT2D eigenvalue weighted by molar-refractivity contribution is 5.56. The van der Waals surface area contributed by atoms with E-state index >= 15 is 0 Å². The molecule has 1 aromatic carbocycles. The molecule has 0 aromatic heterocycles. The Labute approximate surface area is 77.8 Å².